The summed E-state index contributed by atoms with van der Waals surface area (Å²) in [5.74, 6) is 1.12. The van der Waals surface area contributed by atoms with E-state index in [1.54, 1.807) is 18.2 Å². The molecule has 0 aliphatic rings. The van der Waals surface area contributed by atoms with Crippen molar-refractivity contribution in [2.45, 2.75) is 33.7 Å². The third-order valence-electron chi connectivity index (χ3n) is 3.12. The van der Waals surface area contributed by atoms with E-state index in [-0.39, 0.29) is 18.6 Å². The molecule has 0 heterocycles. The number of nitrogens with zero attached hydrogens (tertiary/aromatic N) is 1. The predicted octanol–water partition coefficient (Wildman–Crippen LogP) is 2.50. The molecular weight excluding hydrogens is 268 g/mol. The average molecular weight is 290 g/mol. The van der Waals surface area contributed by atoms with Crippen LogP contribution in [0.15, 0.2) is 18.2 Å². The van der Waals surface area contributed by atoms with Gasteiger partial charge in [-0.3, -0.25) is 4.79 Å². The van der Waals surface area contributed by atoms with E-state index >= 15 is 0 Å². The first-order valence-corrected chi connectivity index (χ1v) is 7.07. The Hall–Kier alpha value is -2.22. The molecule has 1 aromatic carbocycles. The topological polar surface area (TPSA) is 71.3 Å². The lowest BCUT2D eigenvalue weighted by molar-refractivity contribution is -0.124. The highest BCUT2D eigenvalue weighted by atomic mass is 16.5. The Morgan fingerprint density at radius 3 is 2.57 bits per heavy atom. The molecule has 0 saturated carbocycles. The van der Waals surface area contributed by atoms with Crippen LogP contribution < -0.4 is 14.8 Å². The third-order valence-corrected chi connectivity index (χ3v) is 3.12. The fourth-order valence-corrected chi connectivity index (χ4v) is 1.57. The van der Waals surface area contributed by atoms with Gasteiger partial charge in [0.15, 0.2) is 18.1 Å². The number of ether oxygens (including phenoxy) is 2. The Labute approximate surface area is 125 Å². The Kier molecular flexibility index (Phi) is 6.54. The Morgan fingerprint density at radius 1 is 1.29 bits per heavy atom. The van der Waals surface area contributed by atoms with Gasteiger partial charge in [-0.15, -0.1) is 0 Å². The first-order chi connectivity index (χ1) is 9.97. The number of nitriles is 1. The minimum atomic E-state index is -0.178. The van der Waals surface area contributed by atoms with Crippen LogP contribution >= 0.6 is 0 Å². The molecule has 0 unspecified atom stereocenters. The number of amides is 1. The van der Waals surface area contributed by atoms with Crippen molar-refractivity contribution in [3.8, 4) is 17.6 Å². The number of hydrogen-bond acceptors (Lipinski definition) is 4. The maximum absolute atomic E-state index is 11.8. The summed E-state index contributed by atoms with van der Waals surface area (Å²) in [6, 6.07) is 7.01. The van der Waals surface area contributed by atoms with Gasteiger partial charge in [-0.25, -0.2) is 0 Å². The molecule has 0 spiro atoms. The molecule has 1 amide bonds. The number of rotatable bonds is 7. The molecule has 5 nitrogen and oxygen atoms in total. The van der Waals surface area contributed by atoms with Crippen LogP contribution in [0.25, 0.3) is 0 Å². The summed E-state index contributed by atoms with van der Waals surface area (Å²) in [4.78, 5) is 11.8. The number of hydrogen-bond donors (Lipinski definition) is 1. The van der Waals surface area contributed by atoms with E-state index in [2.05, 4.69) is 5.32 Å². The fraction of sp³-hybridized carbons (Fsp3) is 0.500. The molecule has 0 aromatic heterocycles. The molecule has 1 atom stereocenters. The minimum Gasteiger partial charge on any atom is -0.490 e. The molecule has 5 heteroatoms. The predicted molar refractivity (Wildman–Crippen MR) is 80.3 cm³/mol. The second-order valence-corrected chi connectivity index (χ2v) is 5.10. The molecule has 1 aromatic rings. The van der Waals surface area contributed by atoms with Crippen LogP contribution in [0.1, 0.15) is 33.3 Å². The second-order valence-electron chi connectivity index (χ2n) is 5.10. The molecule has 0 fully saturated rings. The van der Waals surface area contributed by atoms with Crippen molar-refractivity contribution in [3.05, 3.63) is 23.8 Å². The average Bonchev–Trinajstić information content (AvgIpc) is 2.46. The van der Waals surface area contributed by atoms with Crippen LogP contribution in [-0.2, 0) is 4.79 Å². The molecule has 1 rings (SSSR count). The Balaban J connectivity index is 2.66. The van der Waals surface area contributed by atoms with Crippen LogP contribution in [0.2, 0.25) is 0 Å². The fourth-order valence-electron chi connectivity index (χ4n) is 1.57. The largest absolute Gasteiger partial charge is 0.490 e. The summed E-state index contributed by atoms with van der Waals surface area (Å²) in [5, 5.41) is 11.7. The van der Waals surface area contributed by atoms with Crippen molar-refractivity contribution in [2.75, 3.05) is 13.2 Å². The Morgan fingerprint density at radius 2 is 2.00 bits per heavy atom. The van der Waals surface area contributed by atoms with Gasteiger partial charge in [-0.05, 0) is 31.9 Å². The van der Waals surface area contributed by atoms with Gasteiger partial charge in [0, 0.05) is 12.1 Å². The van der Waals surface area contributed by atoms with Crippen molar-refractivity contribution in [3.63, 3.8) is 0 Å². The summed E-state index contributed by atoms with van der Waals surface area (Å²) in [6.07, 6.45) is 0. The first kappa shape index (κ1) is 16.8. The highest BCUT2D eigenvalue weighted by molar-refractivity contribution is 5.77. The molecule has 1 N–H and O–H groups in total. The van der Waals surface area contributed by atoms with Crippen LogP contribution in [0.3, 0.4) is 0 Å². The molecule has 21 heavy (non-hydrogen) atoms. The second kappa shape index (κ2) is 8.15. The minimum absolute atomic E-state index is 0.0803. The van der Waals surface area contributed by atoms with Crippen molar-refractivity contribution >= 4 is 5.91 Å². The standard InChI is InChI=1S/C16H22N2O3/c1-5-20-15-8-13(9-17)6-7-14(15)21-10-16(19)18-12(4)11(2)3/h6-8,11-12H,5,10H2,1-4H3,(H,18,19)/t12-/m1/s1. The molecule has 0 saturated heterocycles. The molecule has 0 radical (unpaired) electrons. The van der Waals surface area contributed by atoms with Crippen LogP contribution in [0.4, 0.5) is 0 Å². The maximum Gasteiger partial charge on any atom is 0.258 e. The Bertz CT molecular complexity index is 521. The molecule has 0 bridgehead atoms. The van der Waals surface area contributed by atoms with Gasteiger partial charge >= 0.3 is 0 Å². The lowest BCUT2D eigenvalue weighted by Gasteiger charge is -2.18. The number of nitrogens with one attached hydrogen (secondary N) is 1. The van der Waals surface area contributed by atoms with E-state index in [1.165, 1.54) is 0 Å². The van der Waals surface area contributed by atoms with Crippen molar-refractivity contribution in [2.24, 2.45) is 5.92 Å². The monoisotopic (exact) mass is 290 g/mol. The number of carbonyl (C=O) groups excluding carboxylic acids is 1. The highest BCUT2D eigenvalue weighted by Crippen LogP contribution is 2.28. The van der Waals surface area contributed by atoms with Crippen molar-refractivity contribution in [1.82, 2.24) is 5.32 Å². The SMILES string of the molecule is CCOc1cc(C#N)ccc1OCC(=O)N[C@H](C)C(C)C. The lowest BCUT2D eigenvalue weighted by atomic mass is 10.1. The van der Waals surface area contributed by atoms with E-state index in [4.69, 9.17) is 14.7 Å². The van der Waals surface area contributed by atoms with Crippen LogP contribution in [0.5, 0.6) is 11.5 Å². The summed E-state index contributed by atoms with van der Waals surface area (Å²) in [7, 11) is 0. The smallest absolute Gasteiger partial charge is 0.258 e. The van der Waals surface area contributed by atoms with Crippen molar-refractivity contribution < 1.29 is 14.3 Å². The molecule has 0 aliphatic carbocycles. The van der Waals surface area contributed by atoms with Crippen molar-refractivity contribution in [1.29, 1.82) is 5.26 Å². The maximum atomic E-state index is 11.8. The number of carbonyl (C=O) groups is 1. The van der Waals surface area contributed by atoms with Gasteiger partial charge in [0.2, 0.25) is 0 Å². The zero-order valence-electron chi connectivity index (χ0n) is 13.0. The summed E-state index contributed by atoms with van der Waals surface area (Å²) < 4.78 is 10.9. The van der Waals surface area contributed by atoms with Gasteiger partial charge in [0.1, 0.15) is 0 Å². The van der Waals surface area contributed by atoms with Gasteiger partial charge in [0.25, 0.3) is 5.91 Å². The van der Waals surface area contributed by atoms with Gasteiger partial charge in [0.05, 0.1) is 18.2 Å². The van der Waals surface area contributed by atoms with Crippen LogP contribution in [-0.4, -0.2) is 25.2 Å². The highest BCUT2D eigenvalue weighted by Gasteiger charge is 2.13. The quantitative estimate of drug-likeness (QED) is 0.837. The van der Waals surface area contributed by atoms with E-state index in [1.807, 2.05) is 33.8 Å². The summed E-state index contributed by atoms with van der Waals surface area (Å²) in [5.41, 5.74) is 0.490. The molecular formula is C16H22N2O3. The van der Waals surface area contributed by atoms with E-state index in [0.717, 1.165) is 0 Å². The molecule has 0 aliphatic heterocycles. The third kappa shape index (κ3) is 5.35. The summed E-state index contributed by atoms with van der Waals surface area (Å²) >= 11 is 0. The van der Waals surface area contributed by atoms with E-state index in [0.29, 0.717) is 29.6 Å². The van der Waals surface area contributed by atoms with Gasteiger partial charge < -0.3 is 14.8 Å². The van der Waals surface area contributed by atoms with E-state index in [9.17, 15) is 4.79 Å². The molecule has 114 valence electrons. The normalized spacial score (nSPS) is 11.6. The lowest BCUT2D eigenvalue weighted by Crippen LogP contribution is -2.38. The van der Waals surface area contributed by atoms with Crippen LogP contribution in [0, 0.1) is 17.2 Å². The summed E-state index contributed by atoms with van der Waals surface area (Å²) in [6.45, 7) is 8.26. The zero-order chi connectivity index (χ0) is 15.8. The van der Waals surface area contributed by atoms with E-state index < -0.39 is 0 Å². The van der Waals surface area contributed by atoms with Gasteiger partial charge in [-0.2, -0.15) is 5.26 Å². The zero-order valence-corrected chi connectivity index (χ0v) is 13.0. The van der Waals surface area contributed by atoms with Gasteiger partial charge in [-0.1, -0.05) is 13.8 Å². The number of benzene rings is 1. The first-order valence-electron chi connectivity index (χ1n) is 7.07.